The van der Waals surface area contributed by atoms with Crippen LogP contribution >= 0.6 is 11.3 Å². The number of rotatable bonds is 15. The van der Waals surface area contributed by atoms with Crippen LogP contribution in [0.1, 0.15) is 50.8 Å². The number of nitrogens with two attached hydrogens (primary N) is 1. The van der Waals surface area contributed by atoms with E-state index in [1.807, 2.05) is 31.4 Å². The average Bonchev–Trinajstić information content (AvgIpc) is 3.20. The Morgan fingerprint density at radius 3 is 2.66 bits per heavy atom. The number of hydrogen-bond donors (Lipinski definition) is 5. The second-order valence-electron chi connectivity index (χ2n) is 7.96. The average molecular weight is 469 g/mol. The van der Waals surface area contributed by atoms with Gasteiger partial charge in [0.25, 0.3) is 5.96 Å². The molecule has 32 heavy (non-hydrogen) atoms. The van der Waals surface area contributed by atoms with E-state index in [4.69, 9.17) is 5.73 Å². The van der Waals surface area contributed by atoms with E-state index < -0.39 is 29.9 Å². The van der Waals surface area contributed by atoms with Crippen molar-refractivity contribution in [2.45, 2.75) is 58.3 Å². The van der Waals surface area contributed by atoms with Crippen molar-refractivity contribution < 1.29 is 24.7 Å². The number of aliphatic imine (C=N–C) groups is 1. The van der Waals surface area contributed by atoms with Gasteiger partial charge in [0.15, 0.2) is 5.03 Å². The standard InChI is InChI=1S/C19H32BN5O6S/c1-13(2)11-17(20(28)29)23-18(27)14(5-3-9-22-19(21)24-25(30)31)12-15(26)7-8-16-6-4-10-32-16/h4,6,10,13-14,17,28-29H,3,5,7-9,11-12H2,1-2H3,(H,23,27)(H3,21,22,24)/t14-,17+/m1/s1. The minimum absolute atomic E-state index is 0.0134. The molecule has 1 aromatic rings. The first kappa shape index (κ1) is 27.5. The topological polar surface area (TPSA) is 180 Å². The molecule has 11 nitrogen and oxygen atoms in total. The number of hydrogen-bond acceptors (Lipinski definition) is 8. The van der Waals surface area contributed by atoms with Crippen molar-refractivity contribution in [2.75, 3.05) is 6.54 Å². The second-order valence-corrected chi connectivity index (χ2v) is 8.99. The number of Topliss-reactive ketones (excluding diaryl/α,β-unsaturated/α-hetero) is 1. The Morgan fingerprint density at radius 1 is 1.38 bits per heavy atom. The van der Waals surface area contributed by atoms with Crippen molar-refractivity contribution in [1.29, 1.82) is 0 Å². The Balaban J connectivity index is 2.73. The van der Waals surface area contributed by atoms with Crippen LogP contribution in [0.25, 0.3) is 0 Å². The molecule has 2 atom stereocenters. The van der Waals surface area contributed by atoms with E-state index in [0.29, 0.717) is 32.1 Å². The summed E-state index contributed by atoms with van der Waals surface area (Å²) in [6, 6.07) is 3.86. The molecule has 0 saturated carbocycles. The first-order valence-electron chi connectivity index (χ1n) is 10.5. The molecule has 1 rings (SSSR count). The Morgan fingerprint density at radius 2 is 2.09 bits per heavy atom. The van der Waals surface area contributed by atoms with E-state index in [1.54, 1.807) is 16.8 Å². The molecule has 13 heteroatoms. The SMILES string of the molecule is CC(C)C[C@H](NC(=O)[C@H](CCCN=C(N)N[N+](=O)[O-])CC(=O)CCc1cccs1)B(O)O. The molecule has 1 heterocycles. The van der Waals surface area contributed by atoms with Gasteiger partial charge in [0, 0.05) is 30.2 Å². The van der Waals surface area contributed by atoms with Gasteiger partial charge >= 0.3 is 7.12 Å². The molecule has 0 aliphatic rings. The zero-order valence-corrected chi connectivity index (χ0v) is 19.2. The van der Waals surface area contributed by atoms with Crippen LogP contribution in [0.5, 0.6) is 0 Å². The normalized spacial score (nSPS) is 13.5. The highest BCUT2D eigenvalue weighted by molar-refractivity contribution is 7.09. The molecule has 0 aliphatic carbocycles. The number of guanidine groups is 1. The molecule has 178 valence electrons. The number of thiophene rings is 1. The van der Waals surface area contributed by atoms with E-state index in [9.17, 15) is 29.8 Å². The molecule has 0 radical (unpaired) electrons. The molecular weight excluding hydrogens is 437 g/mol. The number of carbonyl (C=O) groups excluding carboxylic acids is 2. The molecule has 1 amide bonds. The number of nitrogens with zero attached hydrogens (tertiary/aromatic N) is 2. The molecular formula is C19H32BN5O6S. The van der Waals surface area contributed by atoms with Crippen LogP contribution < -0.4 is 16.5 Å². The van der Waals surface area contributed by atoms with E-state index in [0.717, 1.165) is 4.88 Å². The summed E-state index contributed by atoms with van der Waals surface area (Å²) >= 11 is 1.56. The molecule has 0 aliphatic heterocycles. The summed E-state index contributed by atoms with van der Waals surface area (Å²) in [4.78, 5) is 40.6. The highest BCUT2D eigenvalue weighted by atomic mass is 32.1. The maximum absolute atomic E-state index is 12.8. The first-order chi connectivity index (χ1) is 15.1. The Hall–Kier alpha value is -2.51. The lowest BCUT2D eigenvalue weighted by molar-refractivity contribution is -0.525. The van der Waals surface area contributed by atoms with Crippen molar-refractivity contribution >= 4 is 36.1 Å². The Bertz CT molecular complexity index is 759. The van der Waals surface area contributed by atoms with Gasteiger partial charge in [0.05, 0.1) is 5.94 Å². The fourth-order valence-corrected chi connectivity index (χ4v) is 3.86. The number of nitro groups is 1. The van der Waals surface area contributed by atoms with Crippen LogP contribution in [0, 0.1) is 22.0 Å². The minimum Gasteiger partial charge on any atom is -0.426 e. The highest BCUT2D eigenvalue weighted by Gasteiger charge is 2.29. The van der Waals surface area contributed by atoms with Gasteiger partial charge in [-0.2, -0.15) is 0 Å². The molecule has 0 bridgehead atoms. The lowest BCUT2D eigenvalue weighted by Gasteiger charge is -2.23. The fourth-order valence-electron chi connectivity index (χ4n) is 3.15. The van der Waals surface area contributed by atoms with Crippen LogP contribution in [0.2, 0.25) is 0 Å². The summed E-state index contributed by atoms with van der Waals surface area (Å²) in [6.07, 6.45) is 1.95. The minimum atomic E-state index is -1.71. The van der Waals surface area contributed by atoms with Crippen molar-refractivity contribution in [3.05, 3.63) is 32.5 Å². The third-order valence-electron chi connectivity index (χ3n) is 4.69. The van der Waals surface area contributed by atoms with Gasteiger partial charge in [-0.1, -0.05) is 25.3 Å². The molecule has 6 N–H and O–H groups in total. The predicted molar refractivity (Wildman–Crippen MR) is 123 cm³/mol. The third kappa shape index (κ3) is 11.8. The van der Waals surface area contributed by atoms with Crippen LogP contribution in [0.15, 0.2) is 22.5 Å². The monoisotopic (exact) mass is 469 g/mol. The molecule has 1 aromatic heterocycles. The number of ketones is 1. The number of amides is 1. The molecule has 0 unspecified atom stereocenters. The van der Waals surface area contributed by atoms with Crippen molar-refractivity contribution in [2.24, 2.45) is 22.6 Å². The van der Waals surface area contributed by atoms with Crippen LogP contribution in [0.4, 0.5) is 0 Å². The van der Waals surface area contributed by atoms with Gasteiger partial charge < -0.3 is 21.1 Å². The van der Waals surface area contributed by atoms with Crippen molar-refractivity contribution in [3.8, 4) is 0 Å². The van der Waals surface area contributed by atoms with Crippen LogP contribution in [-0.4, -0.2) is 52.3 Å². The maximum atomic E-state index is 12.8. The molecule has 0 aromatic carbocycles. The lowest BCUT2D eigenvalue weighted by atomic mass is 9.74. The summed E-state index contributed by atoms with van der Waals surface area (Å²) in [6.45, 7) is 3.93. The number of carbonyl (C=O) groups is 2. The molecule has 0 fully saturated rings. The quantitative estimate of drug-likeness (QED) is 0.0621. The van der Waals surface area contributed by atoms with Crippen molar-refractivity contribution in [1.82, 2.24) is 10.7 Å². The van der Waals surface area contributed by atoms with Crippen molar-refractivity contribution in [3.63, 3.8) is 0 Å². The highest BCUT2D eigenvalue weighted by Crippen LogP contribution is 2.18. The third-order valence-corrected chi connectivity index (χ3v) is 5.62. The Labute approximate surface area is 191 Å². The summed E-state index contributed by atoms with van der Waals surface area (Å²) < 4.78 is 0. The predicted octanol–water partition coefficient (Wildman–Crippen LogP) is 0.675. The first-order valence-corrected chi connectivity index (χ1v) is 11.4. The van der Waals surface area contributed by atoms with Gasteiger partial charge in [0.2, 0.25) is 5.91 Å². The summed E-state index contributed by atoms with van der Waals surface area (Å²) in [5, 5.41) is 33.3. The second kappa shape index (κ2) is 14.5. The number of hydrazine groups is 1. The van der Waals surface area contributed by atoms with E-state index in [-0.39, 0.29) is 30.6 Å². The number of nitrogens with one attached hydrogen (secondary N) is 2. The van der Waals surface area contributed by atoms with Crippen LogP contribution in [0.3, 0.4) is 0 Å². The molecule has 0 saturated heterocycles. The van der Waals surface area contributed by atoms with E-state index in [2.05, 4.69) is 10.3 Å². The van der Waals surface area contributed by atoms with E-state index in [1.165, 1.54) is 0 Å². The zero-order valence-electron chi connectivity index (χ0n) is 18.4. The van der Waals surface area contributed by atoms with E-state index >= 15 is 0 Å². The van der Waals surface area contributed by atoms with Gasteiger partial charge in [-0.05, 0) is 43.0 Å². The maximum Gasteiger partial charge on any atom is 0.475 e. The van der Waals surface area contributed by atoms with Gasteiger partial charge in [-0.25, -0.2) is 15.1 Å². The summed E-state index contributed by atoms with van der Waals surface area (Å²) in [7, 11) is -1.71. The largest absolute Gasteiger partial charge is 0.475 e. The zero-order chi connectivity index (χ0) is 24.1. The lowest BCUT2D eigenvalue weighted by Crippen LogP contribution is -2.49. The van der Waals surface area contributed by atoms with Crippen LogP contribution in [-0.2, 0) is 16.0 Å². The Kier molecular flexibility index (Phi) is 12.5. The number of aryl methyl sites for hydroxylation is 1. The van der Waals surface area contributed by atoms with Gasteiger partial charge in [0.1, 0.15) is 5.78 Å². The molecule has 0 spiro atoms. The smallest absolute Gasteiger partial charge is 0.426 e. The fraction of sp³-hybridized carbons (Fsp3) is 0.632. The van der Waals surface area contributed by atoms with Gasteiger partial charge in [-0.3, -0.25) is 9.59 Å². The summed E-state index contributed by atoms with van der Waals surface area (Å²) in [5.74, 6) is -2.25. The van der Waals surface area contributed by atoms with Gasteiger partial charge in [-0.15, -0.1) is 11.3 Å². The summed E-state index contributed by atoms with van der Waals surface area (Å²) in [5.41, 5.74) is 7.11.